The summed E-state index contributed by atoms with van der Waals surface area (Å²) in [4.78, 5) is 0. The molecule has 0 saturated carbocycles. The van der Waals surface area contributed by atoms with Crippen LogP contribution in [0.4, 0.5) is 8.78 Å². The minimum absolute atomic E-state index is 0.0409. The summed E-state index contributed by atoms with van der Waals surface area (Å²) >= 11 is 0. The highest BCUT2D eigenvalue weighted by Crippen LogP contribution is 2.15. The van der Waals surface area contributed by atoms with Crippen LogP contribution in [0.3, 0.4) is 0 Å². The number of hydrogen-bond acceptors (Lipinski definition) is 2. The van der Waals surface area contributed by atoms with E-state index < -0.39 is 17.2 Å². The average molecular weight is 168 g/mol. The molecule has 0 aliphatic heterocycles. The van der Waals surface area contributed by atoms with Gasteiger partial charge >= 0.3 is 0 Å². The highest BCUT2D eigenvalue weighted by atomic mass is 19.1. The van der Waals surface area contributed by atoms with E-state index in [9.17, 15) is 8.78 Å². The SMILES string of the molecule is N#Cc1c(F)ccc(CN)c1F. The standard InChI is InChI=1S/C8H6F2N2/c9-7-2-1-5(3-11)8(10)6(7)4-12/h1-2H,3,11H2. The fourth-order valence-electron chi connectivity index (χ4n) is 0.856. The lowest BCUT2D eigenvalue weighted by Gasteiger charge is -2.00. The summed E-state index contributed by atoms with van der Waals surface area (Å²) in [5.41, 5.74) is 4.73. The second-order valence-electron chi connectivity index (χ2n) is 2.21. The zero-order chi connectivity index (χ0) is 9.14. The largest absolute Gasteiger partial charge is 0.326 e. The van der Waals surface area contributed by atoms with E-state index in [1.54, 1.807) is 0 Å². The van der Waals surface area contributed by atoms with Crippen LogP contribution in [-0.4, -0.2) is 0 Å². The maximum absolute atomic E-state index is 13.0. The van der Waals surface area contributed by atoms with E-state index in [1.807, 2.05) is 0 Å². The van der Waals surface area contributed by atoms with Crippen molar-refractivity contribution in [3.8, 4) is 6.07 Å². The molecule has 1 aromatic rings. The molecule has 0 aromatic heterocycles. The molecule has 0 bridgehead atoms. The van der Waals surface area contributed by atoms with Gasteiger partial charge in [-0.05, 0) is 6.07 Å². The van der Waals surface area contributed by atoms with Crippen LogP contribution in [-0.2, 0) is 6.54 Å². The zero-order valence-electron chi connectivity index (χ0n) is 6.14. The predicted octanol–water partition coefficient (Wildman–Crippen LogP) is 1.30. The normalized spacial score (nSPS) is 9.50. The van der Waals surface area contributed by atoms with E-state index in [0.717, 1.165) is 6.07 Å². The second kappa shape index (κ2) is 3.28. The van der Waals surface area contributed by atoms with E-state index in [1.165, 1.54) is 12.1 Å². The van der Waals surface area contributed by atoms with Crippen LogP contribution < -0.4 is 5.73 Å². The first-order chi connectivity index (χ1) is 5.70. The molecule has 0 spiro atoms. The molecule has 0 aliphatic rings. The molecule has 1 aromatic carbocycles. The fourth-order valence-corrected chi connectivity index (χ4v) is 0.856. The number of halogens is 2. The third-order valence-electron chi connectivity index (χ3n) is 1.50. The fraction of sp³-hybridized carbons (Fsp3) is 0.125. The molecule has 0 amide bonds. The highest BCUT2D eigenvalue weighted by molar-refractivity contribution is 5.36. The monoisotopic (exact) mass is 168 g/mol. The molecule has 12 heavy (non-hydrogen) atoms. The predicted molar refractivity (Wildman–Crippen MR) is 39.0 cm³/mol. The first-order valence-corrected chi connectivity index (χ1v) is 3.27. The van der Waals surface area contributed by atoms with E-state index >= 15 is 0 Å². The van der Waals surface area contributed by atoms with Crippen LogP contribution >= 0.6 is 0 Å². The van der Waals surface area contributed by atoms with Gasteiger partial charge in [-0.3, -0.25) is 0 Å². The van der Waals surface area contributed by atoms with Crippen molar-refractivity contribution in [2.45, 2.75) is 6.54 Å². The first kappa shape index (κ1) is 8.62. The van der Waals surface area contributed by atoms with Crippen LogP contribution in [0.25, 0.3) is 0 Å². The molecule has 0 radical (unpaired) electrons. The van der Waals surface area contributed by atoms with Crippen molar-refractivity contribution in [1.82, 2.24) is 0 Å². The Morgan fingerprint density at radius 1 is 1.42 bits per heavy atom. The smallest absolute Gasteiger partial charge is 0.148 e. The Kier molecular flexibility index (Phi) is 2.36. The number of nitrogens with zero attached hydrogens (tertiary/aromatic N) is 1. The quantitative estimate of drug-likeness (QED) is 0.686. The Labute approximate surface area is 68.2 Å². The van der Waals surface area contributed by atoms with Gasteiger partial charge in [0, 0.05) is 12.1 Å². The summed E-state index contributed by atoms with van der Waals surface area (Å²) in [5, 5.41) is 8.35. The van der Waals surface area contributed by atoms with Crippen molar-refractivity contribution in [2.75, 3.05) is 0 Å². The van der Waals surface area contributed by atoms with E-state index in [2.05, 4.69) is 0 Å². The number of rotatable bonds is 1. The lowest BCUT2D eigenvalue weighted by Crippen LogP contribution is -2.02. The molecule has 2 N–H and O–H groups in total. The average Bonchev–Trinajstić information content (AvgIpc) is 2.06. The molecule has 0 fully saturated rings. The number of nitriles is 1. The summed E-state index contributed by atoms with van der Waals surface area (Å²) in [6.07, 6.45) is 0. The van der Waals surface area contributed by atoms with Gasteiger partial charge in [-0.25, -0.2) is 8.78 Å². The van der Waals surface area contributed by atoms with E-state index in [4.69, 9.17) is 11.0 Å². The number of hydrogen-bond donors (Lipinski definition) is 1. The van der Waals surface area contributed by atoms with Crippen LogP contribution in [0.2, 0.25) is 0 Å². The molecule has 62 valence electrons. The molecule has 0 heterocycles. The Morgan fingerprint density at radius 3 is 2.58 bits per heavy atom. The molecule has 0 atom stereocenters. The maximum Gasteiger partial charge on any atom is 0.148 e. The van der Waals surface area contributed by atoms with Gasteiger partial charge in [0.05, 0.1) is 0 Å². The second-order valence-corrected chi connectivity index (χ2v) is 2.21. The van der Waals surface area contributed by atoms with E-state index in [-0.39, 0.29) is 12.1 Å². The van der Waals surface area contributed by atoms with Crippen molar-refractivity contribution in [1.29, 1.82) is 5.26 Å². The Bertz CT molecular complexity index is 342. The third kappa shape index (κ3) is 1.27. The van der Waals surface area contributed by atoms with Crippen molar-refractivity contribution < 1.29 is 8.78 Å². The Hall–Kier alpha value is -1.47. The molecular formula is C8H6F2N2. The van der Waals surface area contributed by atoms with Crippen molar-refractivity contribution in [3.63, 3.8) is 0 Å². The van der Waals surface area contributed by atoms with Gasteiger partial charge in [-0.2, -0.15) is 5.26 Å². The summed E-state index contributed by atoms with van der Waals surface area (Å²) in [5.74, 6) is -1.72. The van der Waals surface area contributed by atoms with Gasteiger partial charge in [0.1, 0.15) is 23.3 Å². The van der Waals surface area contributed by atoms with Crippen LogP contribution in [0.5, 0.6) is 0 Å². The molecular weight excluding hydrogens is 162 g/mol. The van der Waals surface area contributed by atoms with Crippen LogP contribution in [0.1, 0.15) is 11.1 Å². The summed E-state index contributed by atoms with van der Waals surface area (Å²) in [6, 6.07) is 3.69. The summed E-state index contributed by atoms with van der Waals surface area (Å²) < 4.78 is 25.7. The number of benzene rings is 1. The van der Waals surface area contributed by atoms with Gasteiger partial charge in [-0.15, -0.1) is 0 Å². The minimum Gasteiger partial charge on any atom is -0.326 e. The minimum atomic E-state index is -0.861. The zero-order valence-corrected chi connectivity index (χ0v) is 6.14. The number of nitrogens with two attached hydrogens (primary N) is 1. The van der Waals surface area contributed by atoms with Crippen molar-refractivity contribution >= 4 is 0 Å². The van der Waals surface area contributed by atoms with E-state index in [0.29, 0.717) is 0 Å². The Balaban J connectivity index is 3.36. The van der Waals surface area contributed by atoms with Crippen molar-refractivity contribution in [3.05, 3.63) is 34.9 Å². The van der Waals surface area contributed by atoms with Crippen LogP contribution in [0, 0.1) is 23.0 Å². The first-order valence-electron chi connectivity index (χ1n) is 3.27. The highest BCUT2D eigenvalue weighted by Gasteiger charge is 2.11. The lowest BCUT2D eigenvalue weighted by molar-refractivity contribution is 0.566. The van der Waals surface area contributed by atoms with Crippen LogP contribution in [0.15, 0.2) is 12.1 Å². The molecule has 0 saturated heterocycles. The molecule has 2 nitrogen and oxygen atoms in total. The molecule has 0 aliphatic carbocycles. The maximum atomic E-state index is 13.0. The van der Waals surface area contributed by atoms with Gasteiger partial charge in [-0.1, -0.05) is 6.07 Å². The third-order valence-corrected chi connectivity index (χ3v) is 1.50. The Morgan fingerprint density at radius 2 is 2.08 bits per heavy atom. The molecule has 4 heteroatoms. The summed E-state index contributed by atoms with van der Waals surface area (Å²) in [7, 11) is 0. The summed E-state index contributed by atoms with van der Waals surface area (Å²) in [6.45, 7) is -0.0409. The topological polar surface area (TPSA) is 49.8 Å². The van der Waals surface area contributed by atoms with Gasteiger partial charge in [0.15, 0.2) is 0 Å². The van der Waals surface area contributed by atoms with Gasteiger partial charge in [0.25, 0.3) is 0 Å². The molecule has 0 unspecified atom stereocenters. The van der Waals surface area contributed by atoms with Gasteiger partial charge in [0.2, 0.25) is 0 Å². The van der Waals surface area contributed by atoms with Crippen molar-refractivity contribution in [2.24, 2.45) is 5.73 Å². The molecule has 1 rings (SSSR count). The van der Waals surface area contributed by atoms with Gasteiger partial charge < -0.3 is 5.73 Å². The lowest BCUT2D eigenvalue weighted by atomic mass is 10.1.